The summed E-state index contributed by atoms with van der Waals surface area (Å²) in [5.74, 6) is -0.174. The van der Waals surface area contributed by atoms with Gasteiger partial charge in [-0.25, -0.2) is 4.39 Å². The molecule has 2 nitrogen and oxygen atoms in total. The number of nitrogens with zero attached hydrogens (tertiary/aromatic N) is 1. The Morgan fingerprint density at radius 2 is 2.18 bits per heavy atom. The van der Waals surface area contributed by atoms with Crippen LogP contribution in [0.4, 0.5) is 15.8 Å². The number of halogens is 1. The van der Waals surface area contributed by atoms with Crippen LogP contribution in [0.1, 0.15) is 27.2 Å². The van der Waals surface area contributed by atoms with E-state index in [1.165, 1.54) is 0 Å². The average Bonchev–Trinajstić information content (AvgIpc) is 2.37. The number of hydrogen-bond acceptors (Lipinski definition) is 2. The summed E-state index contributed by atoms with van der Waals surface area (Å²) in [4.78, 5) is 2.36. The van der Waals surface area contributed by atoms with Gasteiger partial charge in [0.2, 0.25) is 0 Å². The second-order valence-corrected chi connectivity index (χ2v) is 5.60. The third-order valence-corrected chi connectivity index (χ3v) is 3.17. The Labute approximate surface area is 103 Å². The van der Waals surface area contributed by atoms with E-state index in [1.54, 1.807) is 12.1 Å². The van der Waals surface area contributed by atoms with Crippen molar-refractivity contribution in [3.8, 4) is 0 Å². The van der Waals surface area contributed by atoms with Gasteiger partial charge in [-0.05, 0) is 30.0 Å². The molecule has 1 heterocycles. The molecule has 1 aromatic rings. The standard InChI is InChI=1S/C14H21FN2/c1-4-7-17-10-14(2,3)9-16-12-8-11(15)5-6-13(12)17/h5-6,8,16H,4,7,9-10H2,1-3H3. The van der Waals surface area contributed by atoms with Crippen molar-refractivity contribution in [2.75, 3.05) is 29.9 Å². The Bertz CT molecular complexity index is 401. The highest BCUT2D eigenvalue weighted by molar-refractivity contribution is 5.71. The quantitative estimate of drug-likeness (QED) is 0.845. The minimum Gasteiger partial charge on any atom is -0.383 e. The topological polar surface area (TPSA) is 15.3 Å². The SMILES string of the molecule is CCCN1CC(C)(C)CNc2cc(F)ccc21. The van der Waals surface area contributed by atoms with Crippen LogP contribution < -0.4 is 10.2 Å². The zero-order chi connectivity index (χ0) is 12.5. The van der Waals surface area contributed by atoms with Gasteiger partial charge < -0.3 is 10.2 Å². The van der Waals surface area contributed by atoms with Crippen molar-refractivity contribution in [1.82, 2.24) is 0 Å². The van der Waals surface area contributed by atoms with E-state index in [0.717, 1.165) is 37.4 Å². The lowest BCUT2D eigenvalue weighted by atomic mass is 9.93. The number of benzene rings is 1. The van der Waals surface area contributed by atoms with Gasteiger partial charge in [-0.2, -0.15) is 0 Å². The van der Waals surface area contributed by atoms with Crippen molar-refractivity contribution < 1.29 is 4.39 Å². The molecule has 0 aromatic heterocycles. The molecule has 1 aromatic carbocycles. The molecule has 17 heavy (non-hydrogen) atoms. The van der Waals surface area contributed by atoms with Gasteiger partial charge in [0.15, 0.2) is 0 Å². The van der Waals surface area contributed by atoms with Crippen LogP contribution in [0.2, 0.25) is 0 Å². The molecule has 0 aliphatic carbocycles. The fourth-order valence-corrected chi connectivity index (χ4v) is 2.39. The Morgan fingerprint density at radius 3 is 2.88 bits per heavy atom. The van der Waals surface area contributed by atoms with Crippen LogP contribution >= 0.6 is 0 Å². The molecule has 1 aliphatic heterocycles. The Morgan fingerprint density at radius 1 is 1.41 bits per heavy atom. The van der Waals surface area contributed by atoms with Gasteiger partial charge in [-0.1, -0.05) is 20.8 Å². The molecule has 0 saturated heterocycles. The van der Waals surface area contributed by atoms with Gasteiger partial charge in [0.05, 0.1) is 11.4 Å². The summed E-state index contributed by atoms with van der Waals surface area (Å²) in [6, 6.07) is 5.02. The Kier molecular flexibility index (Phi) is 3.27. The second kappa shape index (κ2) is 4.55. The molecular formula is C14H21FN2. The molecule has 0 amide bonds. The van der Waals surface area contributed by atoms with Crippen molar-refractivity contribution in [1.29, 1.82) is 0 Å². The van der Waals surface area contributed by atoms with E-state index < -0.39 is 0 Å². The summed E-state index contributed by atoms with van der Waals surface area (Å²) in [6.45, 7) is 9.56. The fourth-order valence-electron chi connectivity index (χ4n) is 2.39. The molecular weight excluding hydrogens is 215 g/mol. The van der Waals surface area contributed by atoms with Crippen LogP contribution in [0, 0.1) is 11.2 Å². The zero-order valence-corrected chi connectivity index (χ0v) is 10.9. The van der Waals surface area contributed by atoms with E-state index in [4.69, 9.17) is 0 Å². The van der Waals surface area contributed by atoms with Crippen molar-refractivity contribution >= 4 is 11.4 Å². The van der Waals surface area contributed by atoms with Crippen LogP contribution in [0.15, 0.2) is 18.2 Å². The molecule has 1 N–H and O–H groups in total. The van der Waals surface area contributed by atoms with E-state index in [9.17, 15) is 4.39 Å². The monoisotopic (exact) mass is 236 g/mol. The lowest BCUT2D eigenvalue weighted by Gasteiger charge is -2.30. The maximum absolute atomic E-state index is 13.3. The minimum atomic E-state index is -0.174. The van der Waals surface area contributed by atoms with Crippen molar-refractivity contribution in [3.05, 3.63) is 24.0 Å². The van der Waals surface area contributed by atoms with Crippen molar-refractivity contribution in [3.63, 3.8) is 0 Å². The van der Waals surface area contributed by atoms with Crippen LogP contribution in [-0.4, -0.2) is 19.6 Å². The van der Waals surface area contributed by atoms with E-state index in [1.807, 2.05) is 6.07 Å². The number of anilines is 2. The molecule has 0 saturated carbocycles. The Balaban J connectivity index is 2.37. The van der Waals surface area contributed by atoms with Gasteiger partial charge >= 0.3 is 0 Å². The molecule has 0 bridgehead atoms. The first-order valence-corrected chi connectivity index (χ1v) is 6.30. The molecule has 0 radical (unpaired) electrons. The van der Waals surface area contributed by atoms with E-state index in [2.05, 4.69) is 31.0 Å². The predicted molar refractivity (Wildman–Crippen MR) is 71.2 cm³/mol. The van der Waals surface area contributed by atoms with Gasteiger partial charge in [0.1, 0.15) is 5.82 Å². The van der Waals surface area contributed by atoms with Gasteiger partial charge in [-0.15, -0.1) is 0 Å². The molecule has 1 aliphatic rings. The highest BCUT2D eigenvalue weighted by atomic mass is 19.1. The van der Waals surface area contributed by atoms with Crippen molar-refractivity contribution in [2.24, 2.45) is 5.41 Å². The minimum absolute atomic E-state index is 0.174. The summed E-state index contributed by atoms with van der Waals surface area (Å²) >= 11 is 0. The van der Waals surface area contributed by atoms with Crippen LogP contribution in [-0.2, 0) is 0 Å². The zero-order valence-electron chi connectivity index (χ0n) is 10.9. The molecule has 0 unspecified atom stereocenters. The summed E-state index contributed by atoms with van der Waals surface area (Å²) in [6.07, 6.45) is 1.10. The first-order valence-electron chi connectivity index (χ1n) is 6.30. The second-order valence-electron chi connectivity index (χ2n) is 5.60. The number of hydrogen-bond donors (Lipinski definition) is 1. The lowest BCUT2D eigenvalue weighted by molar-refractivity contribution is 0.395. The molecule has 0 spiro atoms. The maximum atomic E-state index is 13.3. The highest BCUT2D eigenvalue weighted by Crippen LogP contribution is 2.33. The first kappa shape index (κ1) is 12.2. The first-order chi connectivity index (χ1) is 8.02. The largest absolute Gasteiger partial charge is 0.383 e. The third-order valence-electron chi connectivity index (χ3n) is 3.17. The summed E-state index contributed by atoms with van der Waals surface area (Å²) in [5.41, 5.74) is 2.24. The molecule has 0 atom stereocenters. The lowest BCUT2D eigenvalue weighted by Crippen LogP contribution is -2.36. The van der Waals surface area contributed by atoms with Crippen LogP contribution in [0.5, 0.6) is 0 Å². The number of rotatable bonds is 2. The maximum Gasteiger partial charge on any atom is 0.125 e. The predicted octanol–water partition coefficient (Wildman–Crippen LogP) is 3.49. The normalized spacial score (nSPS) is 18.2. The molecule has 3 heteroatoms. The summed E-state index contributed by atoms with van der Waals surface area (Å²) < 4.78 is 13.3. The molecule has 94 valence electrons. The third kappa shape index (κ3) is 2.71. The van der Waals surface area contributed by atoms with Gasteiger partial charge in [-0.3, -0.25) is 0 Å². The molecule has 0 fully saturated rings. The van der Waals surface area contributed by atoms with Crippen LogP contribution in [0.3, 0.4) is 0 Å². The van der Waals surface area contributed by atoms with E-state index in [-0.39, 0.29) is 11.2 Å². The smallest absolute Gasteiger partial charge is 0.125 e. The van der Waals surface area contributed by atoms with Crippen molar-refractivity contribution in [2.45, 2.75) is 27.2 Å². The van der Waals surface area contributed by atoms with Crippen LogP contribution in [0.25, 0.3) is 0 Å². The van der Waals surface area contributed by atoms with Gasteiger partial charge in [0.25, 0.3) is 0 Å². The summed E-state index contributed by atoms with van der Waals surface area (Å²) in [7, 11) is 0. The highest BCUT2D eigenvalue weighted by Gasteiger charge is 2.26. The number of nitrogens with one attached hydrogen (secondary N) is 1. The van der Waals surface area contributed by atoms with E-state index in [0.29, 0.717) is 0 Å². The summed E-state index contributed by atoms with van der Waals surface area (Å²) in [5, 5.41) is 3.36. The van der Waals surface area contributed by atoms with E-state index >= 15 is 0 Å². The fraction of sp³-hybridized carbons (Fsp3) is 0.571. The van der Waals surface area contributed by atoms with Gasteiger partial charge in [0, 0.05) is 19.6 Å². The average molecular weight is 236 g/mol. The molecule has 2 rings (SSSR count). The number of fused-ring (bicyclic) bond motifs is 1. The Hall–Kier alpha value is -1.25.